The molecule has 7 heteroatoms. The SMILES string of the molecule is CCC(Sc1nnc(-c2cccs2)n1C(C)C1CC2CCC1C2)C(N)=O. The third-order valence-corrected chi connectivity index (χ3v) is 8.37. The van der Waals surface area contributed by atoms with Gasteiger partial charge in [0.1, 0.15) is 0 Å². The molecule has 2 saturated carbocycles. The molecule has 0 spiro atoms. The van der Waals surface area contributed by atoms with Crippen LogP contribution in [-0.4, -0.2) is 25.9 Å². The average molecular weight is 391 g/mol. The molecule has 1 amide bonds. The maximum absolute atomic E-state index is 11.8. The molecule has 5 nitrogen and oxygen atoms in total. The van der Waals surface area contributed by atoms with Gasteiger partial charge in [-0.1, -0.05) is 31.2 Å². The van der Waals surface area contributed by atoms with Crippen molar-refractivity contribution in [3.63, 3.8) is 0 Å². The lowest BCUT2D eigenvalue weighted by molar-refractivity contribution is -0.117. The monoisotopic (exact) mass is 390 g/mol. The van der Waals surface area contributed by atoms with E-state index >= 15 is 0 Å². The van der Waals surface area contributed by atoms with Crippen LogP contribution in [0.15, 0.2) is 22.7 Å². The number of carbonyl (C=O) groups is 1. The van der Waals surface area contributed by atoms with E-state index in [-0.39, 0.29) is 11.2 Å². The van der Waals surface area contributed by atoms with Crippen LogP contribution in [0.2, 0.25) is 0 Å². The Morgan fingerprint density at radius 1 is 1.42 bits per heavy atom. The minimum atomic E-state index is -0.280. The van der Waals surface area contributed by atoms with Gasteiger partial charge < -0.3 is 5.73 Å². The van der Waals surface area contributed by atoms with Crippen molar-refractivity contribution in [2.75, 3.05) is 0 Å². The Labute approximate surface area is 162 Å². The van der Waals surface area contributed by atoms with Crippen molar-refractivity contribution in [3.05, 3.63) is 17.5 Å². The number of fused-ring (bicyclic) bond motifs is 2. The fourth-order valence-corrected chi connectivity index (χ4v) is 6.54. The van der Waals surface area contributed by atoms with Gasteiger partial charge in [-0.25, -0.2) is 0 Å². The van der Waals surface area contributed by atoms with E-state index in [9.17, 15) is 4.79 Å². The van der Waals surface area contributed by atoms with Crippen LogP contribution >= 0.6 is 23.1 Å². The number of rotatable bonds is 7. The molecule has 0 aromatic carbocycles. The lowest BCUT2D eigenvalue weighted by atomic mass is 9.84. The Hall–Kier alpha value is -1.34. The quantitative estimate of drug-likeness (QED) is 0.713. The first-order valence-corrected chi connectivity index (χ1v) is 11.3. The molecule has 2 N–H and O–H groups in total. The minimum absolute atomic E-state index is 0.263. The average Bonchev–Trinajstić information content (AvgIpc) is 3.42. The number of hydrogen-bond acceptors (Lipinski definition) is 5. The lowest BCUT2D eigenvalue weighted by Crippen LogP contribution is -2.27. The van der Waals surface area contributed by atoms with Crippen LogP contribution < -0.4 is 5.73 Å². The van der Waals surface area contributed by atoms with Gasteiger partial charge in [-0.15, -0.1) is 21.5 Å². The van der Waals surface area contributed by atoms with E-state index in [2.05, 4.69) is 33.1 Å². The number of thioether (sulfide) groups is 1. The topological polar surface area (TPSA) is 73.8 Å². The third kappa shape index (κ3) is 3.20. The highest BCUT2D eigenvalue weighted by Crippen LogP contribution is 2.53. The zero-order valence-electron chi connectivity index (χ0n) is 15.3. The Balaban J connectivity index is 1.69. The van der Waals surface area contributed by atoms with Crippen molar-refractivity contribution in [2.45, 2.75) is 62.4 Å². The number of nitrogens with zero attached hydrogens (tertiary/aromatic N) is 3. The predicted molar refractivity (Wildman–Crippen MR) is 106 cm³/mol. The molecule has 2 bridgehead atoms. The normalized spacial score (nSPS) is 26.9. The van der Waals surface area contributed by atoms with Crippen LogP contribution in [0.25, 0.3) is 10.7 Å². The van der Waals surface area contributed by atoms with Crippen LogP contribution in [0.4, 0.5) is 0 Å². The number of hydrogen-bond donors (Lipinski definition) is 1. The summed E-state index contributed by atoms with van der Waals surface area (Å²) in [6.07, 6.45) is 6.15. The molecule has 2 aliphatic rings. The van der Waals surface area contributed by atoms with Gasteiger partial charge in [0.25, 0.3) is 0 Å². The molecule has 0 radical (unpaired) electrons. The molecule has 4 rings (SSSR count). The summed E-state index contributed by atoms with van der Waals surface area (Å²) in [5.74, 6) is 3.05. The fourth-order valence-electron chi connectivity index (χ4n) is 4.84. The summed E-state index contributed by atoms with van der Waals surface area (Å²) in [6.45, 7) is 4.30. The van der Waals surface area contributed by atoms with Crippen molar-refractivity contribution < 1.29 is 4.79 Å². The first kappa shape index (κ1) is 18.0. The van der Waals surface area contributed by atoms with Crippen LogP contribution in [0, 0.1) is 17.8 Å². The van der Waals surface area contributed by atoms with E-state index in [4.69, 9.17) is 5.73 Å². The number of thiophene rings is 1. The number of carbonyl (C=O) groups excluding carboxylic acids is 1. The minimum Gasteiger partial charge on any atom is -0.369 e. The molecule has 2 heterocycles. The standard InChI is InChI=1S/C19H26N4OS2/c1-3-15(17(20)24)26-19-22-21-18(16-5-4-8-25-16)23(19)11(2)14-10-12-6-7-13(14)9-12/h4-5,8,11-15H,3,6-7,9-10H2,1-2H3,(H2,20,24). The Morgan fingerprint density at radius 2 is 2.27 bits per heavy atom. The van der Waals surface area contributed by atoms with Crippen molar-refractivity contribution in [1.82, 2.24) is 14.8 Å². The van der Waals surface area contributed by atoms with E-state index in [1.54, 1.807) is 11.3 Å². The van der Waals surface area contributed by atoms with Gasteiger partial charge in [0.15, 0.2) is 11.0 Å². The zero-order valence-corrected chi connectivity index (χ0v) is 16.9. The highest BCUT2D eigenvalue weighted by Gasteiger charge is 2.43. The van der Waals surface area contributed by atoms with E-state index in [0.29, 0.717) is 18.4 Å². The summed E-state index contributed by atoms with van der Waals surface area (Å²) in [4.78, 5) is 12.9. The van der Waals surface area contributed by atoms with Crippen molar-refractivity contribution in [3.8, 4) is 10.7 Å². The van der Waals surface area contributed by atoms with Gasteiger partial charge in [0, 0.05) is 6.04 Å². The van der Waals surface area contributed by atoms with Gasteiger partial charge in [0.2, 0.25) is 5.91 Å². The van der Waals surface area contributed by atoms with Gasteiger partial charge in [-0.05, 0) is 61.8 Å². The smallest absolute Gasteiger partial charge is 0.231 e. The van der Waals surface area contributed by atoms with Gasteiger partial charge >= 0.3 is 0 Å². The highest BCUT2D eigenvalue weighted by molar-refractivity contribution is 8.00. The number of amides is 1. The van der Waals surface area contributed by atoms with Gasteiger partial charge in [0.05, 0.1) is 10.1 Å². The van der Waals surface area contributed by atoms with Crippen LogP contribution in [-0.2, 0) is 4.79 Å². The Kier molecular flexibility index (Phi) is 5.10. The first-order valence-electron chi connectivity index (χ1n) is 9.53. The van der Waals surface area contributed by atoms with Crippen LogP contribution in [0.5, 0.6) is 0 Å². The first-order chi connectivity index (χ1) is 12.6. The predicted octanol–water partition coefficient (Wildman–Crippen LogP) is 4.36. The molecule has 2 fully saturated rings. The number of aromatic nitrogens is 3. The molecule has 2 aromatic rings. The Bertz CT molecular complexity index is 773. The molecule has 0 saturated heterocycles. The number of nitrogens with two attached hydrogens (primary N) is 1. The molecule has 5 unspecified atom stereocenters. The van der Waals surface area contributed by atoms with Gasteiger partial charge in [-0.3, -0.25) is 9.36 Å². The molecule has 5 atom stereocenters. The second kappa shape index (κ2) is 7.35. The van der Waals surface area contributed by atoms with Crippen molar-refractivity contribution >= 4 is 29.0 Å². The molecule has 2 aliphatic carbocycles. The van der Waals surface area contributed by atoms with E-state index in [0.717, 1.165) is 27.7 Å². The third-order valence-electron chi connectivity index (χ3n) is 6.16. The molecule has 0 aliphatic heterocycles. The Morgan fingerprint density at radius 3 is 2.85 bits per heavy atom. The van der Waals surface area contributed by atoms with Crippen molar-refractivity contribution in [1.29, 1.82) is 0 Å². The van der Waals surface area contributed by atoms with Gasteiger partial charge in [-0.2, -0.15) is 0 Å². The second-order valence-corrected chi connectivity index (χ2v) is 9.77. The van der Waals surface area contributed by atoms with E-state index in [1.807, 2.05) is 13.0 Å². The second-order valence-electron chi connectivity index (χ2n) is 7.65. The zero-order chi connectivity index (χ0) is 18.3. The van der Waals surface area contributed by atoms with Crippen molar-refractivity contribution in [2.24, 2.45) is 23.5 Å². The van der Waals surface area contributed by atoms with Crippen LogP contribution in [0.3, 0.4) is 0 Å². The summed E-state index contributed by atoms with van der Waals surface area (Å²) >= 11 is 3.15. The maximum Gasteiger partial charge on any atom is 0.231 e. The summed E-state index contributed by atoms with van der Waals surface area (Å²) in [5, 5.41) is 11.6. The van der Waals surface area contributed by atoms with Crippen LogP contribution in [0.1, 0.15) is 52.0 Å². The summed E-state index contributed by atoms with van der Waals surface area (Å²) in [5.41, 5.74) is 5.58. The maximum atomic E-state index is 11.8. The fraction of sp³-hybridized carbons (Fsp3) is 0.632. The lowest BCUT2D eigenvalue weighted by Gasteiger charge is -2.30. The molecular formula is C19H26N4OS2. The summed E-state index contributed by atoms with van der Waals surface area (Å²) in [7, 11) is 0. The number of primary amides is 1. The summed E-state index contributed by atoms with van der Waals surface area (Å²) < 4.78 is 2.29. The van der Waals surface area contributed by atoms with E-state index in [1.165, 1.54) is 37.4 Å². The largest absolute Gasteiger partial charge is 0.369 e. The van der Waals surface area contributed by atoms with E-state index < -0.39 is 0 Å². The molecular weight excluding hydrogens is 364 g/mol. The molecule has 2 aromatic heterocycles. The molecule has 140 valence electrons. The summed E-state index contributed by atoms with van der Waals surface area (Å²) in [6, 6.07) is 4.48. The highest BCUT2D eigenvalue weighted by atomic mass is 32.2. The molecule has 26 heavy (non-hydrogen) atoms.